The van der Waals surface area contributed by atoms with Gasteiger partial charge in [-0.25, -0.2) is 4.39 Å². The predicted octanol–water partition coefficient (Wildman–Crippen LogP) is 4.78. The van der Waals surface area contributed by atoms with E-state index in [4.69, 9.17) is 0 Å². The van der Waals surface area contributed by atoms with Crippen LogP contribution in [0.3, 0.4) is 0 Å². The van der Waals surface area contributed by atoms with Crippen molar-refractivity contribution in [3.63, 3.8) is 0 Å². The first kappa shape index (κ1) is 23.9. The molecular weight excluding hydrogens is 399 g/mol. The lowest BCUT2D eigenvalue weighted by Crippen LogP contribution is -2.49. The average Bonchev–Trinajstić information content (AvgIpc) is 2.76. The summed E-state index contributed by atoms with van der Waals surface area (Å²) in [5.74, 6) is 0.448. The number of hydrogen-bond donors (Lipinski definition) is 1. The van der Waals surface area contributed by atoms with E-state index in [1.54, 1.807) is 17.0 Å². The van der Waals surface area contributed by atoms with Gasteiger partial charge in [-0.2, -0.15) is 0 Å². The van der Waals surface area contributed by atoms with Crippen molar-refractivity contribution in [2.75, 3.05) is 12.3 Å². The molecule has 0 spiro atoms. The Bertz CT molecular complexity index is 784. The van der Waals surface area contributed by atoms with Crippen LogP contribution in [0.15, 0.2) is 54.6 Å². The number of carbonyl (C=O) groups is 2. The quantitative estimate of drug-likeness (QED) is 0.493. The summed E-state index contributed by atoms with van der Waals surface area (Å²) in [6, 6.07) is 15.5. The van der Waals surface area contributed by atoms with E-state index in [9.17, 15) is 14.0 Å². The van der Waals surface area contributed by atoms with Crippen LogP contribution in [-0.4, -0.2) is 35.1 Å². The largest absolute Gasteiger partial charge is 0.354 e. The minimum absolute atomic E-state index is 0.0662. The van der Waals surface area contributed by atoms with Crippen LogP contribution in [0, 0.1) is 5.82 Å². The lowest BCUT2D eigenvalue weighted by Gasteiger charge is -2.30. The van der Waals surface area contributed by atoms with Crippen LogP contribution in [0.5, 0.6) is 0 Å². The highest BCUT2D eigenvalue weighted by molar-refractivity contribution is 7.99. The van der Waals surface area contributed by atoms with Crippen molar-refractivity contribution in [2.45, 2.75) is 51.4 Å². The molecular formula is C24H31FN2O2S. The van der Waals surface area contributed by atoms with Gasteiger partial charge in [0.15, 0.2) is 0 Å². The summed E-state index contributed by atoms with van der Waals surface area (Å²) in [6.45, 7) is 5.03. The van der Waals surface area contributed by atoms with Crippen molar-refractivity contribution in [1.82, 2.24) is 10.2 Å². The second-order valence-corrected chi connectivity index (χ2v) is 8.18. The zero-order valence-electron chi connectivity index (χ0n) is 17.8. The molecule has 0 aliphatic rings. The standard InChI is InChI=1S/C24H31FN2O2S/c1-3-5-15-26-24(29)22(4-2)27(16-19-9-7-6-8-10-19)23(28)18-30-17-20-11-13-21(25)14-12-20/h6-14,22H,3-5,15-18H2,1-2H3,(H,26,29). The van der Waals surface area contributed by atoms with Crippen LogP contribution in [0.25, 0.3) is 0 Å². The molecule has 1 atom stereocenters. The monoisotopic (exact) mass is 430 g/mol. The maximum absolute atomic E-state index is 13.1. The van der Waals surface area contributed by atoms with Crippen molar-refractivity contribution in [2.24, 2.45) is 0 Å². The summed E-state index contributed by atoms with van der Waals surface area (Å²) >= 11 is 1.47. The Morgan fingerprint density at radius 3 is 2.37 bits per heavy atom. The highest BCUT2D eigenvalue weighted by atomic mass is 32.2. The maximum Gasteiger partial charge on any atom is 0.242 e. The first-order valence-corrected chi connectivity index (χ1v) is 11.6. The number of benzene rings is 2. The van der Waals surface area contributed by atoms with Gasteiger partial charge in [-0.15, -0.1) is 11.8 Å². The first-order chi connectivity index (χ1) is 14.5. The third kappa shape index (κ3) is 7.82. The third-order valence-electron chi connectivity index (χ3n) is 4.82. The Morgan fingerprint density at radius 1 is 1.03 bits per heavy atom. The van der Waals surface area contributed by atoms with Crippen LogP contribution < -0.4 is 5.32 Å². The normalized spacial score (nSPS) is 11.7. The second-order valence-electron chi connectivity index (χ2n) is 7.20. The molecule has 2 amide bonds. The molecule has 6 heteroatoms. The van der Waals surface area contributed by atoms with Crippen molar-refractivity contribution < 1.29 is 14.0 Å². The summed E-state index contributed by atoms with van der Waals surface area (Å²) < 4.78 is 13.1. The number of amides is 2. The molecule has 0 saturated carbocycles. The van der Waals surface area contributed by atoms with Crippen molar-refractivity contribution in [3.8, 4) is 0 Å². The van der Waals surface area contributed by atoms with Gasteiger partial charge >= 0.3 is 0 Å². The number of nitrogens with one attached hydrogen (secondary N) is 1. The number of halogens is 1. The molecule has 0 saturated heterocycles. The van der Waals surface area contributed by atoms with Crippen LogP contribution in [0.2, 0.25) is 0 Å². The summed E-state index contributed by atoms with van der Waals surface area (Å²) in [5, 5.41) is 2.97. The summed E-state index contributed by atoms with van der Waals surface area (Å²) in [6.07, 6.45) is 2.48. The van der Waals surface area contributed by atoms with Gasteiger partial charge in [0.25, 0.3) is 0 Å². The van der Waals surface area contributed by atoms with Crippen molar-refractivity contribution in [3.05, 3.63) is 71.5 Å². The molecule has 0 fully saturated rings. The maximum atomic E-state index is 13.1. The van der Waals surface area contributed by atoms with Gasteiger partial charge in [-0.3, -0.25) is 9.59 Å². The van der Waals surface area contributed by atoms with E-state index >= 15 is 0 Å². The summed E-state index contributed by atoms with van der Waals surface area (Å²) in [5.41, 5.74) is 1.96. The van der Waals surface area contributed by atoms with E-state index < -0.39 is 6.04 Å². The number of thioether (sulfide) groups is 1. The Kier molecular flexibility index (Phi) is 10.4. The molecule has 2 aromatic carbocycles. The fourth-order valence-electron chi connectivity index (χ4n) is 3.13. The molecule has 1 N–H and O–H groups in total. The van der Waals surface area contributed by atoms with Crippen LogP contribution in [-0.2, 0) is 21.9 Å². The molecule has 0 aromatic heterocycles. The minimum Gasteiger partial charge on any atom is -0.354 e. The van der Waals surface area contributed by atoms with Gasteiger partial charge in [-0.1, -0.05) is 62.7 Å². The van der Waals surface area contributed by atoms with Crippen LogP contribution in [0.4, 0.5) is 4.39 Å². The Balaban J connectivity index is 2.05. The van der Waals surface area contributed by atoms with E-state index in [-0.39, 0.29) is 23.4 Å². The van der Waals surface area contributed by atoms with Crippen LogP contribution in [0.1, 0.15) is 44.2 Å². The fourth-order valence-corrected chi connectivity index (χ4v) is 4.00. The van der Waals surface area contributed by atoms with E-state index in [0.29, 0.717) is 25.3 Å². The Hall–Kier alpha value is -2.34. The molecule has 0 aliphatic carbocycles. The zero-order chi connectivity index (χ0) is 21.8. The number of rotatable bonds is 12. The molecule has 0 aliphatic heterocycles. The van der Waals surface area contributed by atoms with E-state index in [2.05, 4.69) is 12.2 Å². The van der Waals surface area contributed by atoms with E-state index in [1.807, 2.05) is 37.3 Å². The molecule has 2 rings (SSSR count). The SMILES string of the molecule is CCCCNC(=O)C(CC)N(Cc1ccccc1)C(=O)CSCc1ccc(F)cc1. The molecule has 0 heterocycles. The Morgan fingerprint density at radius 2 is 1.73 bits per heavy atom. The van der Waals surface area contributed by atoms with Crippen LogP contribution >= 0.6 is 11.8 Å². The van der Waals surface area contributed by atoms with Crippen molar-refractivity contribution in [1.29, 1.82) is 0 Å². The molecule has 1 unspecified atom stereocenters. The predicted molar refractivity (Wildman–Crippen MR) is 122 cm³/mol. The van der Waals surface area contributed by atoms with Gasteiger partial charge in [0.1, 0.15) is 11.9 Å². The molecule has 0 radical (unpaired) electrons. The molecule has 162 valence electrons. The zero-order valence-corrected chi connectivity index (χ0v) is 18.6. The highest BCUT2D eigenvalue weighted by Gasteiger charge is 2.28. The smallest absolute Gasteiger partial charge is 0.242 e. The summed E-state index contributed by atoms with van der Waals surface area (Å²) in [4.78, 5) is 27.5. The lowest BCUT2D eigenvalue weighted by molar-refractivity contribution is -0.139. The number of nitrogens with zero attached hydrogens (tertiary/aromatic N) is 1. The average molecular weight is 431 g/mol. The van der Waals surface area contributed by atoms with Gasteiger partial charge in [0.2, 0.25) is 11.8 Å². The Labute approximate surface area is 183 Å². The number of carbonyl (C=O) groups excluding carboxylic acids is 2. The molecule has 2 aromatic rings. The number of hydrogen-bond acceptors (Lipinski definition) is 3. The fraction of sp³-hybridized carbons (Fsp3) is 0.417. The topological polar surface area (TPSA) is 49.4 Å². The second kappa shape index (κ2) is 13.1. The van der Waals surface area contributed by atoms with Gasteiger partial charge < -0.3 is 10.2 Å². The van der Waals surface area contributed by atoms with Crippen molar-refractivity contribution >= 4 is 23.6 Å². The molecule has 30 heavy (non-hydrogen) atoms. The molecule has 4 nitrogen and oxygen atoms in total. The molecule has 0 bridgehead atoms. The summed E-state index contributed by atoms with van der Waals surface area (Å²) in [7, 11) is 0. The highest BCUT2D eigenvalue weighted by Crippen LogP contribution is 2.17. The first-order valence-electron chi connectivity index (χ1n) is 10.5. The van der Waals surface area contributed by atoms with E-state index in [0.717, 1.165) is 24.0 Å². The number of unbranched alkanes of at least 4 members (excludes halogenated alkanes) is 1. The van der Waals surface area contributed by atoms with Gasteiger partial charge in [-0.05, 0) is 36.1 Å². The van der Waals surface area contributed by atoms with Gasteiger partial charge in [0.05, 0.1) is 5.75 Å². The minimum atomic E-state index is -0.499. The van der Waals surface area contributed by atoms with E-state index in [1.165, 1.54) is 23.9 Å². The lowest BCUT2D eigenvalue weighted by atomic mass is 10.1. The third-order valence-corrected chi connectivity index (χ3v) is 5.81. The van der Waals surface area contributed by atoms with Gasteiger partial charge in [0, 0.05) is 18.8 Å².